The molecular formula is C14H19N5O2. The number of nitrogens with two attached hydrogens (primary N) is 1. The minimum Gasteiger partial charge on any atom is -0.330 e. The van der Waals surface area contributed by atoms with Crippen LogP contribution in [0.25, 0.3) is 0 Å². The van der Waals surface area contributed by atoms with Gasteiger partial charge in [0.2, 0.25) is 0 Å². The summed E-state index contributed by atoms with van der Waals surface area (Å²) >= 11 is 0. The van der Waals surface area contributed by atoms with Crippen LogP contribution in [0.15, 0.2) is 16.9 Å². The lowest BCUT2D eigenvalue weighted by atomic mass is 9.77. The van der Waals surface area contributed by atoms with E-state index in [0.29, 0.717) is 11.4 Å². The van der Waals surface area contributed by atoms with Crippen LogP contribution in [0, 0.1) is 0 Å². The highest BCUT2D eigenvalue weighted by molar-refractivity contribution is 6.05. The highest BCUT2D eigenvalue weighted by atomic mass is 16.5. The zero-order valence-corrected chi connectivity index (χ0v) is 12.5. The molecule has 2 heterocycles. The van der Waals surface area contributed by atoms with Crippen molar-refractivity contribution in [1.82, 2.24) is 19.9 Å². The van der Waals surface area contributed by atoms with Gasteiger partial charge in [-0.3, -0.25) is 9.48 Å². The Morgan fingerprint density at radius 3 is 2.67 bits per heavy atom. The molecule has 0 aromatic carbocycles. The second-order valence-electron chi connectivity index (χ2n) is 6.61. The van der Waals surface area contributed by atoms with E-state index in [4.69, 9.17) is 10.3 Å². The predicted molar refractivity (Wildman–Crippen MR) is 74.7 cm³/mol. The number of carbonyl (C=O) groups is 1. The molecule has 0 unspecified atom stereocenters. The molecule has 1 fully saturated rings. The number of ketones is 1. The molecule has 0 atom stereocenters. The van der Waals surface area contributed by atoms with Gasteiger partial charge in [-0.05, 0) is 40.0 Å². The van der Waals surface area contributed by atoms with Crippen molar-refractivity contribution in [3.8, 4) is 0 Å². The van der Waals surface area contributed by atoms with Crippen LogP contribution < -0.4 is 5.73 Å². The standard InChI is InChI=1S/C14H19N5O2/c1-13(2,3)19-8-9(7-16-19)10(20)11-17-12(18-21-11)14(15)5-4-6-14/h7-8H,4-6,15H2,1-3H3. The van der Waals surface area contributed by atoms with E-state index in [1.165, 1.54) is 6.20 Å². The van der Waals surface area contributed by atoms with Gasteiger partial charge in [0.1, 0.15) is 0 Å². The summed E-state index contributed by atoms with van der Waals surface area (Å²) in [6.45, 7) is 6.02. The van der Waals surface area contributed by atoms with Crippen molar-refractivity contribution in [2.24, 2.45) is 5.73 Å². The van der Waals surface area contributed by atoms with Crippen LogP contribution >= 0.6 is 0 Å². The number of rotatable bonds is 3. The third-order valence-electron chi connectivity index (χ3n) is 3.84. The van der Waals surface area contributed by atoms with E-state index in [0.717, 1.165) is 19.3 Å². The summed E-state index contributed by atoms with van der Waals surface area (Å²) in [4.78, 5) is 16.5. The molecule has 2 aromatic heterocycles. The van der Waals surface area contributed by atoms with Crippen LogP contribution in [0.5, 0.6) is 0 Å². The average Bonchev–Trinajstić information content (AvgIpc) is 3.03. The summed E-state index contributed by atoms with van der Waals surface area (Å²) in [6.07, 6.45) is 5.89. The summed E-state index contributed by atoms with van der Waals surface area (Å²) < 4.78 is 6.80. The van der Waals surface area contributed by atoms with Crippen molar-refractivity contribution in [3.63, 3.8) is 0 Å². The van der Waals surface area contributed by atoms with Crippen molar-refractivity contribution in [1.29, 1.82) is 0 Å². The molecule has 3 rings (SSSR count). The zero-order chi connectivity index (χ0) is 15.3. The van der Waals surface area contributed by atoms with Gasteiger partial charge in [-0.15, -0.1) is 0 Å². The third-order valence-corrected chi connectivity index (χ3v) is 3.84. The van der Waals surface area contributed by atoms with Gasteiger partial charge >= 0.3 is 0 Å². The summed E-state index contributed by atoms with van der Waals surface area (Å²) in [5, 5.41) is 8.05. The predicted octanol–water partition coefficient (Wildman–Crippen LogP) is 1.59. The molecule has 1 aliphatic carbocycles. The molecule has 7 nitrogen and oxygen atoms in total. The van der Waals surface area contributed by atoms with Crippen molar-refractivity contribution in [2.45, 2.75) is 51.1 Å². The lowest BCUT2D eigenvalue weighted by Crippen LogP contribution is -2.44. The Bertz CT molecular complexity index is 676. The Kier molecular flexibility index (Phi) is 2.98. The van der Waals surface area contributed by atoms with E-state index in [9.17, 15) is 4.79 Å². The first-order valence-electron chi connectivity index (χ1n) is 7.02. The van der Waals surface area contributed by atoms with Gasteiger partial charge in [-0.25, -0.2) is 0 Å². The second kappa shape index (κ2) is 4.49. The molecule has 21 heavy (non-hydrogen) atoms. The Hall–Kier alpha value is -2.02. The van der Waals surface area contributed by atoms with Gasteiger partial charge in [-0.2, -0.15) is 10.1 Å². The van der Waals surface area contributed by atoms with E-state index in [2.05, 4.69) is 15.2 Å². The summed E-state index contributed by atoms with van der Waals surface area (Å²) in [6, 6.07) is 0. The van der Waals surface area contributed by atoms with Gasteiger partial charge in [0, 0.05) is 6.20 Å². The van der Waals surface area contributed by atoms with E-state index < -0.39 is 5.54 Å². The minimum atomic E-state index is -0.530. The molecule has 1 saturated carbocycles. The van der Waals surface area contributed by atoms with Crippen molar-refractivity contribution >= 4 is 5.78 Å². The van der Waals surface area contributed by atoms with Gasteiger partial charge < -0.3 is 10.3 Å². The van der Waals surface area contributed by atoms with Gasteiger partial charge in [0.15, 0.2) is 5.82 Å². The van der Waals surface area contributed by atoms with Gasteiger partial charge in [-0.1, -0.05) is 5.16 Å². The molecule has 0 bridgehead atoms. The molecule has 2 N–H and O–H groups in total. The molecule has 0 saturated heterocycles. The van der Waals surface area contributed by atoms with E-state index in [1.807, 2.05) is 20.8 Å². The molecule has 0 radical (unpaired) electrons. The topological polar surface area (TPSA) is 99.8 Å². The first-order chi connectivity index (χ1) is 9.79. The Morgan fingerprint density at radius 2 is 2.14 bits per heavy atom. The average molecular weight is 289 g/mol. The van der Waals surface area contributed by atoms with Crippen molar-refractivity contribution in [3.05, 3.63) is 29.7 Å². The SMILES string of the molecule is CC(C)(C)n1cc(C(=O)c2nc(C3(N)CCC3)no2)cn1. The van der Waals surface area contributed by atoms with Crippen LogP contribution in [0.4, 0.5) is 0 Å². The maximum atomic E-state index is 12.3. The highest BCUT2D eigenvalue weighted by Crippen LogP contribution is 2.36. The van der Waals surface area contributed by atoms with Gasteiger partial charge in [0.25, 0.3) is 11.7 Å². The van der Waals surface area contributed by atoms with Crippen LogP contribution in [0.1, 0.15) is 62.1 Å². The molecule has 0 amide bonds. The zero-order valence-electron chi connectivity index (χ0n) is 12.5. The van der Waals surface area contributed by atoms with Crippen LogP contribution in [0.2, 0.25) is 0 Å². The first-order valence-corrected chi connectivity index (χ1v) is 7.02. The maximum Gasteiger partial charge on any atom is 0.299 e. The maximum absolute atomic E-state index is 12.3. The van der Waals surface area contributed by atoms with Crippen molar-refractivity contribution in [2.75, 3.05) is 0 Å². The van der Waals surface area contributed by atoms with Crippen LogP contribution in [-0.4, -0.2) is 25.7 Å². The fraction of sp³-hybridized carbons (Fsp3) is 0.571. The number of aromatic nitrogens is 4. The van der Waals surface area contributed by atoms with Crippen LogP contribution in [-0.2, 0) is 11.1 Å². The first kappa shape index (κ1) is 13.9. The molecular weight excluding hydrogens is 270 g/mol. The minimum absolute atomic E-state index is 0.0322. The van der Waals surface area contributed by atoms with Crippen molar-refractivity contribution < 1.29 is 9.32 Å². The Morgan fingerprint density at radius 1 is 1.43 bits per heavy atom. The summed E-state index contributed by atoms with van der Waals surface area (Å²) in [5.41, 5.74) is 5.84. The molecule has 112 valence electrons. The van der Waals surface area contributed by atoms with E-state index >= 15 is 0 Å². The molecule has 0 spiro atoms. The summed E-state index contributed by atoms with van der Waals surface area (Å²) in [7, 11) is 0. The number of nitrogens with zero attached hydrogens (tertiary/aromatic N) is 4. The third kappa shape index (κ3) is 2.37. The van der Waals surface area contributed by atoms with Crippen LogP contribution in [0.3, 0.4) is 0 Å². The van der Waals surface area contributed by atoms with E-state index in [-0.39, 0.29) is 17.2 Å². The summed E-state index contributed by atoms with van der Waals surface area (Å²) in [5.74, 6) is 0.0580. The Labute approximate surface area is 122 Å². The normalized spacial score (nSPS) is 17.5. The van der Waals surface area contributed by atoms with Gasteiger partial charge in [0.05, 0.1) is 22.8 Å². The monoisotopic (exact) mass is 289 g/mol. The largest absolute Gasteiger partial charge is 0.330 e. The fourth-order valence-electron chi connectivity index (χ4n) is 2.23. The highest BCUT2D eigenvalue weighted by Gasteiger charge is 2.39. The molecule has 0 aliphatic heterocycles. The lowest BCUT2D eigenvalue weighted by molar-refractivity contribution is 0.0993. The smallest absolute Gasteiger partial charge is 0.299 e. The fourth-order valence-corrected chi connectivity index (χ4v) is 2.23. The Balaban J connectivity index is 1.84. The molecule has 7 heteroatoms. The number of carbonyl (C=O) groups excluding carboxylic acids is 1. The second-order valence-corrected chi connectivity index (χ2v) is 6.61. The van der Waals surface area contributed by atoms with E-state index in [1.54, 1.807) is 10.9 Å². The quantitative estimate of drug-likeness (QED) is 0.861. The number of hydrogen-bond donors (Lipinski definition) is 1. The number of hydrogen-bond acceptors (Lipinski definition) is 6. The molecule has 1 aliphatic rings. The molecule has 2 aromatic rings. The lowest BCUT2D eigenvalue weighted by Gasteiger charge is -2.34.